The quantitative estimate of drug-likeness (QED) is 0.310. The maximum atomic E-state index is 12.3. The van der Waals surface area contributed by atoms with Crippen LogP contribution in [-0.2, 0) is 20.6 Å². The van der Waals surface area contributed by atoms with Crippen LogP contribution in [0.2, 0.25) is 18.1 Å². The molecule has 1 rings (SSSR count). The average Bonchev–Trinajstić information content (AvgIpc) is 2.80. The summed E-state index contributed by atoms with van der Waals surface area (Å²) < 4.78 is 18.1. The summed E-state index contributed by atoms with van der Waals surface area (Å²) in [6.45, 7) is 15.6. The number of aliphatic hydroxyl groups excluding tert-OH is 1. The van der Waals surface area contributed by atoms with Gasteiger partial charge in [-0.25, -0.2) is 0 Å². The van der Waals surface area contributed by atoms with Crippen LogP contribution in [0.25, 0.3) is 0 Å². The molecule has 0 spiro atoms. The van der Waals surface area contributed by atoms with Crippen molar-refractivity contribution in [2.45, 2.75) is 91.8 Å². The van der Waals surface area contributed by atoms with E-state index in [2.05, 4.69) is 27.7 Å². The molecule has 0 unspecified atom stereocenters. The number of hydrogen-bond donors (Lipinski definition) is 1. The number of benzene rings is 1. The number of aliphatic hydroxyl groups is 1. The predicted molar refractivity (Wildman–Crippen MR) is 134 cm³/mol. The lowest BCUT2D eigenvalue weighted by Gasteiger charge is -2.40. The van der Waals surface area contributed by atoms with E-state index in [1.807, 2.05) is 45.0 Å². The maximum absolute atomic E-state index is 12.3. The molecule has 0 radical (unpaired) electrons. The third-order valence-electron chi connectivity index (χ3n) is 6.87. The van der Waals surface area contributed by atoms with Crippen LogP contribution in [0.3, 0.4) is 0 Å². The van der Waals surface area contributed by atoms with Gasteiger partial charge in [-0.15, -0.1) is 0 Å². The van der Waals surface area contributed by atoms with E-state index in [9.17, 15) is 9.90 Å². The predicted octanol–water partition coefficient (Wildman–Crippen LogP) is 5.85. The third kappa shape index (κ3) is 8.62. The van der Waals surface area contributed by atoms with Crippen molar-refractivity contribution in [3.63, 3.8) is 0 Å². The van der Waals surface area contributed by atoms with Crippen LogP contribution in [0.4, 0.5) is 0 Å². The zero-order valence-corrected chi connectivity index (χ0v) is 22.5. The highest BCUT2D eigenvalue weighted by molar-refractivity contribution is 6.73. The van der Waals surface area contributed by atoms with Crippen LogP contribution in [0.5, 0.6) is 5.75 Å². The fraction of sp³-hybridized carbons (Fsp3) is 0.731. The summed E-state index contributed by atoms with van der Waals surface area (Å²) in [6, 6.07) is 11.0. The fourth-order valence-corrected chi connectivity index (χ4v) is 7.08. The lowest BCUT2D eigenvalue weighted by Crippen LogP contribution is -2.48. The third-order valence-corrected chi connectivity index (χ3v) is 11.5. The van der Waals surface area contributed by atoms with Gasteiger partial charge in [-0.3, -0.25) is 4.79 Å². The van der Waals surface area contributed by atoms with Crippen molar-refractivity contribution in [2.24, 2.45) is 17.8 Å². The van der Waals surface area contributed by atoms with E-state index >= 15 is 0 Å². The van der Waals surface area contributed by atoms with E-state index < -0.39 is 14.4 Å². The molecule has 1 N–H and O–H groups in total. The molecule has 0 aliphatic heterocycles. The van der Waals surface area contributed by atoms with Gasteiger partial charge < -0.3 is 19.0 Å². The first kappa shape index (κ1) is 28.8. The van der Waals surface area contributed by atoms with Gasteiger partial charge in [-0.2, -0.15) is 0 Å². The number of ether oxygens (including phenoxy) is 2. The van der Waals surface area contributed by atoms with Gasteiger partial charge in [0.2, 0.25) is 0 Å². The highest BCUT2D eigenvalue weighted by atomic mass is 28.4. The standard InChI is InChI=1S/C26H46O5Si/c1-9-32(10-2,11-3)31-26(21(7)25(28)16-24(27)19(4)5)20(6)17-30-18-22-12-14-23(29-8)15-13-22/h12-15,19-21,25-26,28H,9-11,16-18H2,1-8H3/t20-,21+,25-,26+/m0/s1. The van der Waals surface area contributed by atoms with Crippen LogP contribution in [0, 0.1) is 17.8 Å². The number of ketones is 1. The Morgan fingerprint density at radius 2 is 1.56 bits per heavy atom. The average molecular weight is 467 g/mol. The molecule has 0 amide bonds. The van der Waals surface area contributed by atoms with Gasteiger partial charge in [0.1, 0.15) is 11.5 Å². The monoisotopic (exact) mass is 466 g/mol. The van der Waals surface area contributed by atoms with Crippen LogP contribution in [-0.4, -0.2) is 45.1 Å². The van der Waals surface area contributed by atoms with Gasteiger partial charge in [-0.05, 0) is 35.8 Å². The second kappa shape index (κ2) is 14.1. The fourth-order valence-electron chi connectivity index (χ4n) is 4.06. The molecule has 0 fully saturated rings. The molecule has 0 aromatic heterocycles. The first-order valence-electron chi connectivity index (χ1n) is 12.2. The molecule has 5 nitrogen and oxygen atoms in total. The van der Waals surface area contributed by atoms with Crippen molar-refractivity contribution in [2.75, 3.05) is 13.7 Å². The van der Waals surface area contributed by atoms with Crippen LogP contribution < -0.4 is 4.74 Å². The molecule has 1 aromatic rings. The van der Waals surface area contributed by atoms with Gasteiger partial charge in [0.15, 0.2) is 8.32 Å². The second-order valence-electron chi connectivity index (χ2n) is 9.42. The molecule has 0 saturated carbocycles. The summed E-state index contributed by atoms with van der Waals surface area (Å²) in [5, 5.41) is 10.9. The molecule has 32 heavy (non-hydrogen) atoms. The minimum absolute atomic E-state index is 0.0723. The van der Waals surface area contributed by atoms with Crippen LogP contribution in [0.15, 0.2) is 24.3 Å². The second-order valence-corrected chi connectivity index (χ2v) is 14.1. The van der Waals surface area contributed by atoms with Crippen LogP contribution in [0.1, 0.15) is 60.5 Å². The maximum Gasteiger partial charge on any atom is 0.192 e. The van der Waals surface area contributed by atoms with E-state index in [0.29, 0.717) is 13.2 Å². The molecule has 1 aromatic carbocycles. The topological polar surface area (TPSA) is 65.0 Å². The Labute approximate surface area is 197 Å². The first-order valence-corrected chi connectivity index (χ1v) is 14.7. The van der Waals surface area contributed by atoms with E-state index in [1.54, 1.807) is 7.11 Å². The Bertz CT molecular complexity index is 648. The number of hydrogen-bond acceptors (Lipinski definition) is 5. The zero-order chi connectivity index (χ0) is 24.3. The molecule has 0 aliphatic carbocycles. The number of carbonyl (C=O) groups is 1. The smallest absolute Gasteiger partial charge is 0.192 e. The molecule has 0 aliphatic rings. The Balaban J connectivity index is 2.90. The van der Waals surface area contributed by atoms with Crippen molar-refractivity contribution >= 4 is 14.1 Å². The van der Waals surface area contributed by atoms with Gasteiger partial charge in [-0.1, -0.05) is 60.6 Å². The van der Waals surface area contributed by atoms with E-state index in [4.69, 9.17) is 13.9 Å². The van der Waals surface area contributed by atoms with Crippen molar-refractivity contribution in [3.05, 3.63) is 29.8 Å². The zero-order valence-electron chi connectivity index (χ0n) is 21.5. The van der Waals surface area contributed by atoms with E-state index in [-0.39, 0.29) is 36.1 Å². The summed E-state index contributed by atoms with van der Waals surface area (Å²) >= 11 is 0. The molecule has 6 heteroatoms. The highest BCUT2D eigenvalue weighted by Crippen LogP contribution is 2.31. The number of methoxy groups -OCH3 is 1. The molecular weight excluding hydrogens is 420 g/mol. The number of carbonyl (C=O) groups excluding carboxylic acids is 1. The van der Waals surface area contributed by atoms with E-state index in [0.717, 1.165) is 29.4 Å². The summed E-state index contributed by atoms with van der Waals surface area (Å²) in [6.07, 6.45) is -0.680. The first-order chi connectivity index (χ1) is 15.1. The Kier molecular flexibility index (Phi) is 12.7. The molecule has 0 saturated heterocycles. The SMILES string of the molecule is CC[Si](CC)(CC)O[C@@H]([C@H](C)[C@@H](O)CC(=O)C(C)C)[C@@H](C)COCc1ccc(OC)cc1. The van der Waals surface area contributed by atoms with E-state index in [1.165, 1.54) is 0 Å². The summed E-state index contributed by atoms with van der Waals surface area (Å²) in [5.74, 6) is 0.806. The number of Topliss-reactive ketones (excluding diaryl/α,β-unsaturated/α-hetero) is 1. The van der Waals surface area contributed by atoms with Gasteiger partial charge in [0.05, 0.1) is 32.5 Å². The van der Waals surface area contributed by atoms with Crippen molar-refractivity contribution in [1.82, 2.24) is 0 Å². The summed E-state index contributed by atoms with van der Waals surface area (Å²) in [7, 11) is -0.236. The lowest BCUT2D eigenvalue weighted by molar-refractivity contribution is -0.125. The molecule has 184 valence electrons. The Morgan fingerprint density at radius 3 is 2.03 bits per heavy atom. The molecule has 0 bridgehead atoms. The number of rotatable bonds is 16. The lowest BCUT2D eigenvalue weighted by atomic mass is 9.86. The summed E-state index contributed by atoms with van der Waals surface area (Å²) in [4.78, 5) is 12.3. The molecule has 0 heterocycles. The largest absolute Gasteiger partial charge is 0.497 e. The molecular formula is C26H46O5Si. The highest BCUT2D eigenvalue weighted by Gasteiger charge is 2.38. The Morgan fingerprint density at radius 1 is 1.00 bits per heavy atom. The normalized spacial score (nSPS) is 15.9. The van der Waals surface area contributed by atoms with Crippen molar-refractivity contribution in [3.8, 4) is 5.75 Å². The van der Waals surface area contributed by atoms with Gasteiger partial charge >= 0.3 is 0 Å². The Hall–Kier alpha value is -1.21. The molecule has 4 atom stereocenters. The summed E-state index contributed by atoms with van der Waals surface area (Å²) in [5.41, 5.74) is 1.09. The van der Waals surface area contributed by atoms with Crippen LogP contribution >= 0.6 is 0 Å². The van der Waals surface area contributed by atoms with Gasteiger partial charge in [0.25, 0.3) is 0 Å². The minimum atomic E-state index is -1.89. The minimum Gasteiger partial charge on any atom is -0.497 e. The van der Waals surface area contributed by atoms with Gasteiger partial charge in [0, 0.05) is 24.2 Å². The van der Waals surface area contributed by atoms with Crippen molar-refractivity contribution < 1.29 is 23.8 Å². The van der Waals surface area contributed by atoms with Crippen molar-refractivity contribution in [1.29, 1.82) is 0 Å².